The highest BCUT2D eigenvalue weighted by atomic mass is 32.1. The highest BCUT2D eigenvalue weighted by Crippen LogP contribution is 2.32. The molecular formula is C24H26N8O2S. The predicted octanol–water partition coefficient (Wildman–Crippen LogP) is 3.09. The van der Waals surface area contributed by atoms with Gasteiger partial charge in [0, 0.05) is 49.7 Å². The van der Waals surface area contributed by atoms with Gasteiger partial charge in [0.05, 0.1) is 17.9 Å². The summed E-state index contributed by atoms with van der Waals surface area (Å²) in [7, 11) is 1.89. The van der Waals surface area contributed by atoms with Crippen molar-refractivity contribution < 1.29 is 9.90 Å². The van der Waals surface area contributed by atoms with Gasteiger partial charge in [-0.3, -0.25) is 9.48 Å². The fourth-order valence-corrected chi connectivity index (χ4v) is 4.77. The van der Waals surface area contributed by atoms with E-state index in [0.717, 1.165) is 16.7 Å². The molecule has 0 radical (unpaired) electrons. The zero-order chi connectivity index (χ0) is 24.5. The smallest absolute Gasteiger partial charge is 0.284 e. The molecule has 3 aromatic heterocycles. The van der Waals surface area contributed by atoms with E-state index in [4.69, 9.17) is 4.98 Å². The molecule has 11 heteroatoms. The Morgan fingerprint density at radius 1 is 1.20 bits per heavy atom. The molecule has 4 heterocycles. The van der Waals surface area contributed by atoms with Gasteiger partial charge in [0.1, 0.15) is 5.82 Å². The van der Waals surface area contributed by atoms with E-state index in [1.807, 2.05) is 57.6 Å². The predicted molar refractivity (Wildman–Crippen MR) is 134 cm³/mol. The van der Waals surface area contributed by atoms with Crippen LogP contribution in [0.5, 0.6) is 0 Å². The number of aryl methyl sites for hydroxylation is 1. The average Bonchev–Trinajstić information content (AvgIpc) is 3.60. The second kappa shape index (κ2) is 9.51. The minimum Gasteiger partial charge on any atom is -0.391 e. The minimum atomic E-state index is -0.481. The fourth-order valence-electron chi connectivity index (χ4n) is 3.95. The van der Waals surface area contributed by atoms with E-state index in [2.05, 4.69) is 25.6 Å². The Bertz CT molecular complexity index is 1370. The van der Waals surface area contributed by atoms with Crippen molar-refractivity contribution in [1.82, 2.24) is 34.8 Å². The van der Waals surface area contributed by atoms with Crippen molar-refractivity contribution >= 4 is 23.1 Å². The Labute approximate surface area is 206 Å². The summed E-state index contributed by atoms with van der Waals surface area (Å²) in [6.45, 7) is 4.90. The van der Waals surface area contributed by atoms with Crippen molar-refractivity contribution in [3.05, 3.63) is 47.9 Å². The molecule has 1 fully saturated rings. The van der Waals surface area contributed by atoms with Crippen LogP contribution in [0.1, 0.15) is 30.1 Å². The maximum atomic E-state index is 12.8. The number of hydrogen-bond acceptors (Lipinski definition) is 9. The van der Waals surface area contributed by atoms with Crippen LogP contribution < -0.4 is 5.32 Å². The molecule has 10 nitrogen and oxygen atoms in total. The summed E-state index contributed by atoms with van der Waals surface area (Å²) in [5, 5.41) is 26.6. The van der Waals surface area contributed by atoms with E-state index < -0.39 is 6.10 Å². The molecule has 0 unspecified atom stereocenters. The Kier molecular flexibility index (Phi) is 6.27. The number of amides is 1. The number of carbonyl (C=O) groups is 1. The standard InChI is InChI=1S/C24H26N8O2S/c1-14(2)27-21-19(22-29-30-23(35-22)24(34)32-8-7-18(33)13-32)11-25-20(28-21)16-6-4-5-15(9-16)17-10-26-31(3)12-17/h4-6,9-12,14,18,33H,7-8,13H2,1-3H3,(H,25,27,28)/t18-/m1/s1. The second-order valence-corrected chi connectivity index (χ2v) is 9.82. The number of rotatable bonds is 6. The molecule has 35 heavy (non-hydrogen) atoms. The number of hydrogen-bond donors (Lipinski definition) is 2. The van der Waals surface area contributed by atoms with Crippen molar-refractivity contribution in [2.45, 2.75) is 32.4 Å². The van der Waals surface area contributed by atoms with E-state index in [9.17, 15) is 9.90 Å². The summed E-state index contributed by atoms with van der Waals surface area (Å²) in [6.07, 6.45) is 5.61. The van der Waals surface area contributed by atoms with Crippen LogP contribution in [0.15, 0.2) is 42.9 Å². The molecule has 0 aliphatic carbocycles. The quantitative estimate of drug-likeness (QED) is 0.423. The van der Waals surface area contributed by atoms with Gasteiger partial charge < -0.3 is 15.3 Å². The number of nitrogens with zero attached hydrogens (tertiary/aromatic N) is 7. The first-order valence-corrected chi connectivity index (χ1v) is 12.2. The largest absolute Gasteiger partial charge is 0.391 e. The maximum Gasteiger partial charge on any atom is 0.284 e. The average molecular weight is 491 g/mol. The summed E-state index contributed by atoms with van der Waals surface area (Å²) in [5.74, 6) is 0.992. The summed E-state index contributed by atoms with van der Waals surface area (Å²) in [6, 6.07) is 8.14. The monoisotopic (exact) mass is 490 g/mol. The van der Waals surface area contributed by atoms with Gasteiger partial charge in [-0.05, 0) is 31.9 Å². The van der Waals surface area contributed by atoms with Crippen LogP contribution in [0.4, 0.5) is 5.82 Å². The lowest BCUT2D eigenvalue weighted by molar-refractivity contribution is 0.0763. The van der Waals surface area contributed by atoms with Gasteiger partial charge in [-0.1, -0.05) is 29.5 Å². The topological polar surface area (TPSA) is 122 Å². The van der Waals surface area contributed by atoms with Crippen LogP contribution in [0.25, 0.3) is 33.1 Å². The van der Waals surface area contributed by atoms with Gasteiger partial charge in [-0.25, -0.2) is 9.97 Å². The Morgan fingerprint density at radius 2 is 2.03 bits per heavy atom. The SMILES string of the molecule is CC(C)Nc1nc(-c2cccc(-c3cnn(C)c3)c2)ncc1-c1nnc(C(=O)N2CC[C@@H](O)C2)s1. The Balaban J connectivity index is 1.47. The zero-order valence-corrected chi connectivity index (χ0v) is 20.5. The van der Waals surface area contributed by atoms with Crippen molar-refractivity contribution in [3.8, 4) is 33.1 Å². The van der Waals surface area contributed by atoms with E-state index in [1.54, 1.807) is 15.8 Å². The van der Waals surface area contributed by atoms with Crippen LogP contribution >= 0.6 is 11.3 Å². The summed E-state index contributed by atoms with van der Waals surface area (Å²) < 4.78 is 1.77. The molecule has 1 aromatic carbocycles. The van der Waals surface area contributed by atoms with Gasteiger partial charge in [0.15, 0.2) is 10.8 Å². The molecular weight excluding hydrogens is 464 g/mol. The molecule has 2 N–H and O–H groups in total. The Hall–Kier alpha value is -3.70. The number of anilines is 1. The summed E-state index contributed by atoms with van der Waals surface area (Å²) in [4.78, 5) is 23.8. The number of aromatic nitrogens is 6. The van der Waals surface area contributed by atoms with Crippen LogP contribution in [0, 0.1) is 0 Å². The minimum absolute atomic E-state index is 0.123. The molecule has 5 rings (SSSR count). The molecule has 0 spiro atoms. The number of carbonyl (C=O) groups excluding carboxylic acids is 1. The first-order valence-electron chi connectivity index (χ1n) is 11.4. The third-order valence-electron chi connectivity index (χ3n) is 5.66. The van der Waals surface area contributed by atoms with Crippen molar-refractivity contribution in [3.63, 3.8) is 0 Å². The molecule has 0 saturated carbocycles. The lowest BCUT2D eigenvalue weighted by atomic mass is 10.1. The molecule has 180 valence electrons. The lowest BCUT2D eigenvalue weighted by Gasteiger charge is -2.14. The molecule has 0 bridgehead atoms. The van der Waals surface area contributed by atoms with E-state index >= 15 is 0 Å². The van der Waals surface area contributed by atoms with E-state index in [0.29, 0.717) is 41.7 Å². The number of β-amino-alcohol motifs (C(OH)–C–C–N with tert-alkyl or cyclic N) is 1. The van der Waals surface area contributed by atoms with Gasteiger partial charge in [-0.15, -0.1) is 10.2 Å². The van der Waals surface area contributed by atoms with Gasteiger partial charge in [-0.2, -0.15) is 5.10 Å². The zero-order valence-electron chi connectivity index (χ0n) is 19.7. The first-order chi connectivity index (χ1) is 16.9. The fraction of sp³-hybridized carbons (Fsp3) is 0.333. The van der Waals surface area contributed by atoms with Crippen molar-refractivity contribution in [2.75, 3.05) is 18.4 Å². The van der Waals surface area contributed by atoms with Crippen LogP contribution in [-0.4, -0.2) is 71.1 Å². The molecule has 4 aromatic rings. The van der Waals surface area contributed by atoms with Crippen LogP contribution in [-0.2, 0) is 7.05 Å². The van der Waals surface area contributed by atoms with Crippen LogP contribution in [0.3, 0.4) is 0 Å². The van der Waals surface area contributed by atoms with E-state index in [-0.39, 0.29) is 17.0 Å². The van der Waals surface area contributed by atoms with Crippen molar-refractivity contribution in [1.29, 1.82) is 0 Å². The van der Waals surface area contributed by atoms with Crippen molar-refractivity contribution in [2.24, 2.45) is 7.05 Å². The number of likely N-dealkylation sites (tertiary alicyclic amines) is 1. The lowest BCUT2D eigenvalue weighted by Crippen LogP contribution is -2.29. The number of aliphatic hydroxyl groups excluding tert-OH is 1. The number of nitrogens with one attached hydrogen (secondary N) is 1. The molecule has 1 amide bonds. The first kappa shape index (κ1) is 23.1. The highest BCUT2D eigenvalue weighted by molar-refractivity contribution is 7.16. The van der Waals surface area contributed by atoms with Gasteiger partial charge in [0.25, 0.3) is 5.91 Å². The molecule has 1 aliphatic heterocycles. The molecule has 1 saturated heterocycles. The third-order valence-corrected chi connectivity index (χ3v) is 6.61. The molecule has 1 aliphatic rings. The maximum absolute atomic E-state index is 12.8. The highest BCUT2D eigenvalue weighted by Gasteiger charge is 2.28. The van der Waals surface area contributed by atoms with E-state index in [1.165, 1.54) is 11.3 Å². The number of aliphatic hydroxyl groups is 1. The molecule has 1 atom stereocenters. The van der Waals surface area contributed by atoms with Crippen LogP contribution in [0.2, 0.25) is 0 Å². The van der Waals surface area contributed by atoms with Gasteiger partial charge >= 0.3 is 0 Å². The summed E-state index contributed by atoms with van der Waals surface area (Å²) in [5.41, 5.74) is 3.61. The second-order valence-electron chi connectivity index (χ2n) is 8.84. The Morgan fingerprint density at radius 3 is 2.74 bits per heavy atom. The third kappa shape index (κ3) is 4.91. The van der Waals surface area contributed by atoms with Gasteiger partial charge in [0.2, 0.25) is 5.01 Å². The number of benzene rings is 1. The normalized spacial score (nSPS) is 15.7. The summed E-state index contributed by atoms with van der Waals surface area (Å²) >= 11 is 1.20.